The molecule has 0 aliphatic rings. The van der Waals surface area contributed by atoms with Gasteiger partial charge in [0.1, 0.15) is 5.56 Å². The molecule has 0 fully saturated rings. The van der Waals surface area contributed by atoms with Crippen LogP contribution >= 0.6 is 23.2 Å². The van der Waals surface area contributed by atoms with E-state index in [0.29, 0.717) is 33.5 Å². The largest absolute Gasteiger partial charge is 0.462 e. The molecule has 1 heterocycles. The minimum atomic E-state index is -0.433. The zero-order valence-electron chi connectivity index (χ0n) is 9.54. The van der Waals surface area contributed by atoms with E-state index in [2.05, 4.69) is 10.2 Å². The summed E-state index contributed by atoms with van der Waals surface area (Å²) in [4.78, 5) is 11.7. The molecule has 0 aliphatic heterocycles. The normalized spacial score (nSPS) is 10.4. The molecular formula is C12H10Cl2N2O2. The van der Waals surface area contributed by atoms with Crippen molar-refractivity contribution in [3.8, 4) is 11.3 Å². The quantitative estimate of drug-likeness (QED) is 0.877. The van der Waals surface area contributed by atoms with Gasteiger partial charge in [-0.15, -0.1) is 0 Å². The van der Waals surface area contributed by atoms with Gasteiger partial charge in [0.05, 0.1) is 18.5 Å². The third kappa shape index (κ3) is 2.66. The Labute approximate surface area is 114 Å². The molecule has 18 heavy (non-hydrogen) atoms. The van der Waals surface area contributed by atoms with Crippen LogP contribution in [0.3, 0.4) is 0 Å². The Morgan fingerprint density at radius 2 is 2.00 bits per heavy atom. The summed E-state index contributed by atoms with van der Waals surface area (Å²) >= 11 is 11.9. The lowest BCUT2D eigenvalue weighted by Crippen LogP contribution is -2.04. The zero-order valence-corrected chi connectivity index (χ0v) is 11.0. The van der Waals surface area contributed by atoms with Crippen LogP contribution in [0.1, 0.15) is 17.3 Å². The first-order valence-electron chi connectivity index (χ1n) is 5.28. The number of hydrogen-bond acceptors (Lipinski definition) is 3. The van der Waals surface area contributed by atoms with Gasteiger partial charge in [-0.2, -0.15) is 5.10 Å². The first-order chi connectivity index (χ1) is 8.61. The maximum Gasteiger partial charge on any atom is 0.341 e. The first-order valence-corrected chi connectivity index (χ1v) is 6.04. The average Bonchev–Trinajstić information content (AvgIpc) is 2.76. The molecule has 0 radical (unpaired) electrons. The molecule has 1 aromatic heterocycles. The summed E-state index contributed by atoms with van der Waals surface area (Å²) in [7, 11) is 0. The second kappa shape index (κ2) is 5.42. The molecule has 0 atom stereocenters. The molecular weight excluding hydrogens is 275 g/mol. The number of benzene rings is 1. The van der Waals surface area contributed by atoms with Gasteiger partial charge in [0.15, 0.2) is 0 Å². The van der Waals surface area contributed by atoms with Crippen LogP contribution in [0.2, 0.25) is 10.0 Å². The Bertz CT molecular complexity index is 561. The van der Waals surface area contributed by atoms with Crippen molar-refractivity contribution >= 4 is 29.2 Å². The number of carbonyl (C=O) groups excluding carboxylic acids is 1. The van der Waals surface area contributed by atoms with E-state index in [1.54, 1.807) is 25.1 Å². The fraction of sp³-hybridized carbons (Fsp3) is 0.167. The average molecular weight is 285 g/mol. The van der Waals surface area contributed by atoms with Gasteiger partial charge in [0.2, 0.25) is 0 Å². The smallest absolute Gasteiger partial charge is 0.341 e. The highest BCUT2D eigenvalue weighted by Gasteiger charge is 2.16. The van der Waals surface area contributed by atoms with Crippen LogP contribution in [-0.4, -0.2) is 22.8 Å². The van der Waals surface area contributed by atoms with E-state index in [4.69, 9.17) is 27.9 Å². The van der Waals surface area contributed by atoms with Crippen molar-refractivity contribution in [3.63, 3.8) is 0 Å². The standard InChI is InChI=1S/C12H10Cl2N2O2/c1-2-18-12(17)10-6-15-16-11(10)7-3-8(13)5-9(14)4-7/h3-6H,2H2,1H3,(H,15,16). The highest BCUT2D eigenvalue weighted by Crippen LogP contribution is 2.28. The van der Waals surface area contributed by atoms with Gasteiger partial charge in [0, 0.05) is 15.6 Å². The predicted molar refractivity (Wildman–Crippen MR) is 70.0 cm³/mol. The van der Waals surface area contributed by atoms with Gasteiger partial charge in [-0.25, -0.2) is 4.79 Å². The van der Waals surface area contributed by atoms with Crippen LogP contribution in [0, 0.1) is 0 Å². The summed E-state index contributed by atoms with van der Waals surface area (Å²) in [5.74, 6) is -0.433. The second-order valence-corrected chi connectivity index (χ2v) is 4.41. The number of rotatable bonds is 3. The maximum absolute atomic E-state index is 11.7. The molecule has 1 N–H and O–H groups in total. The van der Waals surface area contributed by atoms with Gasteiger partial charge >= 0.3 is 5.97 Å². The third-order valence-electron chi connectivity index (χ3n) is 2.29. The molecule has 0 spiro atoms. The van der Waals surface area contributed by atoms with Crippen LogP contribution < -0.4 is 0 Å². The number of hydrogen-bond donors (Lipinski definition) is 1. The summed E-state index contributed by atoms with van der Waals surface area (Å²) in [5.41, 5.74) is 1.58. The van der Waals surface area contributed by atoms with Crippen LogP contribution in [0.15, 0.2) is 24.4 Å². The number of ether oxygens (including phenoxy) is 1. The number of nitrogens with one attached hydrogen (secondary N) is 1. The zero-order chi connectivity index (χ0) is 13.1. The summed E-state index contributed by atoms with van der Waals surface area (Å²) in [6.45, 7) is 2.05. The van der Waals surface area contributed by atoms with E-state index in [0.717, 1.165) is 0 Å². The molecule has 6 heteroatoms. The van der Waals surface area contributed by atoms with Crippen LogP contribution in [0.4, 0.5) is 0 Å². The van der Waals surface area contributed by atoms with E-state index < -0.39 is 5.97 Å². The van der Waals surface area contributed by atoms with E-state index in [1.165, 1.54) is 6.20 Å². The van der Waals surface area contributed by atoms with Gasteiger partial charge in [-0.3, -0.25) is 5.10 Å². The van der Waals surface area contributed by atoms with Crippen molar-refractivity contribution in [2.24, 2.45) is 0 Å². The number of nitrogens with zero attached hydrogens (tertiary/aromatic N) is 1. The lowest BCUT2D eigenvalue weighted by molar-refractivity contribution is 0.0527. The molecule has 4 nitrogen and oxygen atoms in total. The summed E-state index contributed by atoms with van der Waals surface area (Å²) in [5, 5.41) is 7.57. The highest BCUT2D eigenvalue weighted by molar-refractivity contribution is 6.35. The van der Waals surface area contributed by atoms with E-state index in [9.17, 15) is 4.79 Å². The topological polar surface area (TPSA) is 55.0 Å². The molecule has 2 aromatic rings. The summed E-state index contributed by atoms with van der Waals surface area (Å²) in [6, 6.07) is 5.01. The Morgan fingerprint density at radius 3 is 2.61 bits per heavy atom. The van der Waals surface area contributed by atoms with Gasteiger partial charge in [-0.05, 0) is 25.1 Å². The molecule has 0 saturated heterocycles. The van der Waals surface area contributed by atoms with Crippen molar-refractivity contribution in [1.82, 2.24) is 10.2 Å². The number of aromatic amines is 1. The first kappa shape index (κ1) is 12.9. The number of halogens is 2. The molecule has 0 amide bonds. The van der Waals surface area contributed by atoms with Gasteiger partial charge in [0.25, 0.3) is 0 Å². The van der Waals surface area contributed by atoms with Crippen LogP contribution in [0.25, 0.3) is 11.3 Å². The Kier molecular flexibility index (Phi) is 3.89. The number of aromatic nitrogens is 2. The predicted octanol–water partition coefficient (Wildman–Crippen LogP) is 3.56. The molecule has 94 valence electrons. The number of H-pyrrole nitrogens is 1. The van der Waals surface area contributed by atoms with E-state index in [1.807, 2.05) is 0 Å². The summed E-state index contributed by atoms with van der Waals surface area (Å²) in [6.07, 6.45) is 1.42. The minimum Gasteiger partial charge on any atom is -0.462 e. The Hall–Kier alpha value is -1.52. The maximum atomic E-state index is 11.7. The molecule has 2 rings (SSSR count). The van der Waals surface area contributed by atoms with Crippen molar-refractivity contribution in [2.45, 2.75) is 6.92 Å². The highest BCUT2D eigenvalue weighted by atomic mass is 35.5. The fourth-order valence-corrected chi connectivity index (χ4v) is 2.09. The van der Waals surface area contributed by atoms with E-state index >= 15 is 0 Å². The lowest BCUT2D eigenvalue weighted by atomic mass is 10.1. The molecule has 0 bridgehead atoms. The van der Waals surface area contributed by atoms with Gasteiger partial charge < -0.3 is 4.74 Å². The minimum absolute atomic E-state index is 0.305. The monoisotopic (exact) mass is 284 g/mol. The SMILES string of the molecule is CCOC(=O)c1cn[nH]c1-c1cc(Cl)cc(Cl)c1. The van der Waals surface area contributed by atoms with Crippen molar-refractivity contribution in [1.29, 1.82) is 0 Å². The van der Waals surface area contributed by atoms with E-state index in [-0.39, 0.29) is 0 Å². The lowest BCUT2D eigenvalue weighted by Gasteiger charge is -2.04. The number of carbonyl (C=O) groups is 1. The molecule has 0 aliphatic carbocycles. The molecule has 0 unspecified atom stereocenters. The number of esters is 1. The van der Waals surface area contributed by atoms with Crippen LogP contribution in [0.5, 0.6) is 0 Å². The Morgan fingerprint density at radius 1 is 1.33 bits per heavy atom. The van der Waals surface area contributed by atoms with Crippen LogP contribution in [-0.2, 0) is 4.74 Å². The third-order valence-corrected chi connectivity index (χ3v) is 2.72. The molecule has 1 aromatic carbocycles. The van der Waals surface area contributed by atoms with Gasteiger partial charge in [-0.1, -0.05) is 23.2 Å². The van der Waals surface area contributed by atoms with Crippen molar-refractivity contribution in [3.05, 3.63) is 40.0 Å². The summed E-state index contributed by atoms with van der Waals surface area (Å²) < 4.78 is 4.94. The molecule has 0 saturated carbocycles. The fourth-order valence-electron chi connectivity index (χ4n) is 1.57. The van der Waals surface area contributed by atoms with Crippen molar-refractivity contribution < 1.29 is 9.53 Å². The Balaban J connectivity index is 2.45. The van der Waals surface area contributed by atoms with Crippen molar-refractivity contribution in [2.75, 3.05) is 6.61 Å². The second-order valence-electron chi connectivity index (χ2n) is 3.54.